The first kappa shape index (κ1) is 14.9. The molecule has 8 nitrogen and oxygen atoms in total. The summed E-state index contributed by atoms with van der Waals surface area (Å²) in [4.78, 5) is 25.4. The number of aliphatic carboxylic acids is 1. The zero-order chi connectivity index (χ0) is 14.7. The molecule has 0 radical (unpaired) electrons. The van der Waals surface area contributed by atoms with Crippen molar-refractivity contribution in [2.24, 2.45) is 5.92 Å². The minimum atomic E-state index is -1.05. The SMILES string of the molecule is CCn1c(C)nc([N+](=O)[O-])c1N[C@@H](C(=O)O)C(C)C. The summed E-state index contributed by atoms with van der Waals surface area (Å²) in [7, 11) is 0. The number of nitrogens with one attached hydrogen (secondary N) is 1. The largest absolute Gasteiger partial charge is 0.480 e. The predicted molar refractivity (Wildman–Crippen MR) is 69.2 cm³/mol. The van der Waals surface area contributed by atoms with Crippen LogP contribution in [0.3, 0.4) is 0 Å². The van der Waals surface area contributed by atoms with Gasteiger partial charge in [0, 0.05) is 13.5 Å². The van der Waals surface area contributed by atoms with Gasteiger partial charge in [-0.3, -0.25) is 4.57 Å². The fraction of sp³-hybridized carbons (Fsp3) is 0.636. The van der Waals surface area contributed by atoms with Crippen molar-refractivity contribution in [3.8, 4) is 0 Å². The van der Waals surface area contributed by atoms with Gasteiger partial charge in [-0.05, 0) is 22.7 Å². The summed E-state index contributed by atoms with van der Waals surface area (Å²) in [6, 6.07) is -0.903. The molecule has 0 amide bonds. The topological polar surface area (TPSA) is 110 Å². The highest BCUT2D eigenvalue weighted by Crippen LogP contribution is 2.26. The smallest absolute Gasteiger partial charge is 0.406 e. The molecule has 0 aliphatic heterocycles. The quantitative estimate of drug-likeness (QED) is 0.600. The number of rotatable bonds is 6. The van der Waals surface area contributed by atoms with Crippen LogP contribution in [0, 0.1) is 23.0 Å². The van der Waals surface area contributed by atoms with E-state index in [4.69, 9.17) is 5.11 Å². The lowest BCUT2D eigenvalue weighted by Crippen LogP contribution is -2.35. The van der Waals surface area contributed by atoms with E-state index in [1.807, 2.05) is 6.92 Å². The summed E-state index contributed by atoms with van der Waals surface area (Å²) in [5, 5.41) is 22.8. The Morgan fingerprint density at radius 2 is 2.16 bits per heavy atom. The zero-order valence-electron chi connectivity index (χ0n) is 11.4. The van der Waals surface area contributed by atoms with E-state index in [0.717, 1.165) is 0 Å². The van der Waals surface area contributed by atoms with E-state index >= 15 is 0 Å². The van der Waals surface area contributed by atoms with E-state index in [2.05, 4.69) is 10.3 Å². The van der Waals surface area contributed by atoms with Gasteiger partial charge in [-0.25, -0.2) is 4.79 Å². The third-order valence-electron chi connectivity index (χ3n) is 2.85. The standard InChI is InChI=1S/C11H18N4O4/c1-5-14-7(4)12-10(15(18)19)9(14)13-8(6(2)3)11(16)17/h6,8,13H,5H2,1-4H3,(H,16,17)/t8-/m1/s1. The average Bonchev–Trinajstić information content (AvgIpc) is 2.61. The van der Waals surface area contributed by atoms with Crippen molar-refractivity contribution in [3.63, 3.8) is 0 Å². The Labute approximate surface area is 110 Å². The third-order valence-corrected chi connectivity index (χ3v) is 2.85. The van der Waals surface area contributed by atoms with Crippen LogP contribution >= 0.6 is 0 Å². The molecule has 1 aromatic rings. The van der Waals surface area contributed by atoms with Crippen molar-refractivity contribution in [2.75, 3.05) is 5.32 Å². The number of carbonyl (C=O) groups is 1. The first-order valence-electron chi connectivity index (χ1n) is 6.00. The van der Waals surface area contributed by atoms with Crippen LogP contribution in [0.5, 0.6) is 0 Å². The van der Waals surface area contributed by atoms with Crippen LogP contribution < -0.4 is 5.32 Å². The number of imidazole rings is 1. The fourth-order valence-electron chi connectivity index (χ4n) is 1.87. The number of aryl methyl sites for hydroxylation is 1. The zero-order valence-corrected chi connectivity index (χ0v) is 11.4. The van der Waals surface area contributed by atoms with Gasteiger partial charge < -0.3 is 20.5 Å². The second kappa shape index (κ2) is 5.68. The Morgan fingerprint density at radius 3 is 2.53 bits per heavy atom. The predicted octanol–water partition coefficient (Wildman–Crippen LogP) is 1.64. The van der Waals surface area contributed by atoms with Crippen LogP contribution in [0.4, 0.5) is 11.6 Å². The summed E-state index contributed by atoms with van der Waals surface area (Å²) in [5.74, 6) is -0.981. The molecule has 1 heterocycles. The molecule has 2 N–H and O–H groups in total. The lowest BCUT2D eigenvalue weighted by molar-refractivity contribution is -0.388. The van der Waals surface area contributed by atoms with Gasteiger partial charge in [-0.1, -0.05) is 13.8 Å². The van der Waals surface area contributed by atoms with E-state index in [9.17, 15) is 14.9 Å². The van der Waals surface area contributed by atoms with Crippen molar-refractivity contribution in [1.29, 1.82) is 0 Å². The van der Waals surface area contributed by atoms with Gasteiger partial charge in [0.15, 0.2) is 0 Å². The molecule has 0 bridgehead atoms. The van der Waals surface area contributed by atoms with Crippen molar-refractivity contribution >= 4 is 17.6 Å². The van der Waals surface area contributed by atoms with Crippen LogP contribution in [-0.4, -0.2) is 31.6 Å². The highest BCUT2D eigenvalue weighted by molar-refractivity contribution is 5.78. The molecule has 106 valence electrons. The maximum Gasteiger partial charge on any atom is 0.406 e. The molecule has 0 saturated carbocycles. The number of aromatic nitrogens is 2. The minimum absolute atomic E-state index is 0.145. The maximum atomic E-state index is 11.2. The van der Waals surface area contributed by atoms with Crippen LogP contribution in [0.1, 0.15) is 26.6 Å². The van der Waals surface area contributed by atoms with Crippen molar-refractivity contribution in [1.82, 2.24) is 9.55 Å². The first-order chi connectivity index (χ1) is 8.79. The Kier molecular flexibility index (Phi) is 4.47. The van der Waals surface area contributed by atoms with Gasteiger partial charge in [-0.15, -0.1) is 0 Å². The molecule has 0 unspecified atom stereocenters. The van der Waals surface area contributed by atoms with Crippen LogP contribution in [-0.2, 0) is 11.3 Å². The number of hydrogen-bond acceptors (Lipinski definition) is 5. The summed E-state index contributed by atoms with van der Waals surface area (Å²) in [6.07, 6.45) is 0. The Hall–Kier alpha value is -2.12. The van der Waals surface area contributed by atoms with Crippen LogP contribution in [0.15, 0.2) is 0 Å². The number of anilines is 1. The van der Waals surface area contributed by atoms with Crippen LogP contribution in [0.2, 0.25) is 0 Å². The van der Waals surface area contributed by atoms with Gasteiger partial charge in [0.05, 0.1) is 0 Å². The van der Waals surface area contributed by atoms with E-state index in [-0.39, 0.29) is 17.6 Å². The van der Waals surface area contributed by atoms with E-state index in [1.165, 1.54) is 0 Å². The van der Waals surface area contributed by atoms with Crippen molar-refractivity contribution in [3.05, 3.63) is 15.9 Å². The second-order valence-electron chi connectivity index (χ2n) is 4.54. The number of hydrogen-bond donors (Lipinski definition) is 2. The molecular formula is C11H18N4O4. The maximum absolute atomic E-state index is 11.2. The van der Waals surface area contributed by atoms with Gasteiger partial charge in [0.2, 0.25) is 11.6 Å². The molecule has 1 aromatic heterocycles. The summed E-state index contributed by atoms with van der Waals surface area (Å²) in [6.45, 7) is 7.40. The van der Waals surface area contributed by atoms with Crippen molar-refractivity contribution in [2.45, 2.75) is 40.3 Å². The molecule has 0 fully saturated rings. The van der Waals surface area contributed by atoms with Gasteiger partial charge in [0.25, 0.3) is 0 Å². The highest BCUT2D eigenvalue weighted by atomic mass is 16.6. The molecule has 1 rings (SSSR count). The Balaban J connectivity index is 3.24. The third kappa shape index (κ3) is 3.01. The Morgan fingerprint density at radius 1 is 1.58 bits per heavy atom. The molecule has 0 aliphatic carbocycles. The average molecular weight is 270 g/mol. The number of carboxylic acid groups (broad SMARTS) is 1. The van der Waals surface area contributed by atoms with E-state index in [0.29, 0.717) is 12.4 Å². The van der Waals surface area contributed by atoms with E-state index in [1.54, 1.807) is 25.3 Å². The first-order valence-corrected chi connectivity index (χ1v) is 6.00. The molecule has 0 saturated heterocycles. The Bertz CT molecular complexity index is 495. The molecule has 1 atom stereocenters. The molecule has 0 spiro atoms. The molecular weight excluding hydrogens is 252 g/mol. The number of nitrogens with zero attached hydrogens (tertiary/aromatic N) is 3. The van der Waals surface area contributed by atoms with Gasteiger partial charge in [0.1, 0.15) is 6.04 Å². The van der Waals surface area contributed by atoms with Gasteiger partial charge >= 0.3 is 11.8 Å². The normalized spacial score (nSPS) is 12.5. The summed E-state index contributed by atoms with van der Waals surface area (Å²) < 4.78 is 1.59. The minimum Gasteiger partial charge on any atom is -0.480 e. The molecule has 0 aliphatic rings. The number of nitro groups is 1. The molecule has 19 heavy (non-hydrogen) atoms. The lowest BCUT2D eigenvalue weighted by atomic mass is 10.1. The highest BCUT2D eigenvalue weighted by Gasteiger charge is 2.30. The number of carboxylic acids is 1. The molecule has 0 aromatic carbocycles. The lowest BCUT2D eigenvalue weighted by Gasteiger charge is -2.19. The summed E-state index contributed by atoms with van der Waals surface area (Å²) >= 11 is 0. The fourth-order valence-corrected chi connectivity index (χ4v) is 1.87. The second-order valence-corrected chi connectivity index (χ2v) is 4.54. The van der Waals surface area contributed by atoms with Crippen molar-refractivity contribution < 1.29 is 14.8 Å². The monoisotopic (exact) mass is 270 g/mol. The van der Waals surface area contributed by atoms with Gasteiger partial charge in [-0.2, -0.15) is 0 Å². The van der Waals surface area contributed by atoms with Crippen LogP contribution in [0.25, 0.3) is 0 Å². The van der Waals surface area contributed by atoms with E-state index < -0.39 is 16.9 Å². The molecule has 8 heteroatoms. The summed E-state index contributed by atoms with van der Waals surface area (Å²) in [5.41, 5.74) is 0.